The first-order chi connectivity index (χ1) is 7.75. The van der Waals surface area contributed by atoms with Gasteiger partial charge in [-0.1, -0.05) is 12.1 Å². The van der Waals surface area contributed by atoms with E-state index in [9.17, 15) is 0 Å². The Morgan fingerprint density at radius 2 is 2.06 bits per heavy atom. The van der Waals surface area contributed by atoms with Crippen LogP contribution in [0.15, 0.2) is 52.1 Å². The highest BCUT2D eigenvalue weighted by atomic mass is 79.9. The maximum Gasteiger partial charge on any atom is 0.0452 e. The van der Waals surface area contributed by atoms with Gasteiger partial charge in [0.05, 0.1) is 0 Å². The zero-order valence-electron chi connectivity index (χ0n) is 8.56. The van der Waals surface area contributed by atoms with Gasteiger partial charge in [-0.3, -0.25) is 4.98 Å². The number of halogens is 1. The lowest BCUT2D eigenvalue weighted by Crippen LogP contribution is -1.88. The number of thioether (sulfide) groups is 1. The highest BCUT2D eigenvalue weighted by Crippen LogP contribution is 2.27. The Morgan fingerprint density at radius 3 is 2.81 bits per heavy atom. The number of nitrogens with zero attached hydrogens (tertiary/aromatic N) is 1. The van der Waals surface area contributed by atoms with Gasteiger partial charge >= 0.3 is 0 Å². The summed E-state index contributed by atoms with van der Waals surface area (Å²) in [5.41, 5.74) is 7.88. The number of anilines is 1. The topological polar surface area (TPSA) is 38.9 Å². The average molecular weight is 295 g/mol. The third-order valence-electron chi connectivity index (χ3n) is 2.07. The van der Waals surface area contributed by atoms with Gasteiger partial charge in [-0.25, -0.2) is 0 Å². The zero-order chi connectivity index (χ0) is 11.4. The second kappa shape index (κ2) is 5.37. The molecule has 0 atom stereocenters. The van der Waals surface area contributed by atoms with E-state index in [2.05, 4.69) is 27.0 Å². The molecule has 0 aliphatic rings. The van der Waals surface area contributed by atoms with Crippen molar-refractivity contribution >= 4 is 33.4 Å². The average Bonchev–Trinajstić information content (AvgIpc) is 2.28. The van der Waals surface area contributed by atoms with Crippen molar-refractivity contribution in [1.29, 1.82) is 0 Å². The van der Waals surface area contributed by atoms with E-state index in [1.54, 1.807) is 18.0 Å². The third-order valence-corrected chi connectivity index (χ3v) is 3.67. The number of para-hydroxylation sites is 1. The van der Waals surface area contributed by atoms with Crippen LogP contribution in [0.25, 0.3) is 0 Å². The summed E-state index contributed by atoms with van der Waals surface area (Å²) < 4.78 is 1.01. The van der Waals surface area contributed by atoms with Crippen LogP contribution in [-0.4, -0.2) is 4.98 Å². The molecule has 0 aliphatic heterocycles. The van der Waals surface area contributed by atoms with Gasteiger partial charge in [0.1, 0.15) is 0 Å². The lowest BCUT2D eigenvalue weighted by Gasteiger charge is -2.04. The van der Waals surface area contributed by atoms with Gasteiger partial charge in [-0.05, 0) is 39.7 Å². The van der Waals surface area contributed by atoms with Crippen LogP contribution in [0.1, 0.15) is 5.56 Å². The van der Waals surface area contributed by atoms with Crippen molar-refractivity contribution < 1.29 is 0 Å². The van der Waals surface area contributed by atoms with Crippen LogP contribution >= 0.6 is 27.7 Å². The molecule has 1 aromatic heterocycles. The molecule has 4 heteroatoms. The molecular weight excluding hydrogens is 284 g/mol. The van der Waals surface area contributed by atoms with Crippen LogP contribution < -0.4 is 5.73 Å². The summed E-state index contributed by atoms with van der Waals surface area (Å²) in [4.78, 5) is 5.24. The molecule has 2 N–H and O–H groups in total. The molecule has 0 amide bonds. The molecule has 0 bridgehead atoms. The minimum atomic E-state index is 0.829. The lowest BCUT2D eigenvalue weighted by molar-refractivity contribution is 1.23. The maximum atomic E-state index is 5.87. The number of nitrogen functional groups attached to an aromatic ring is 1. The van der Waals surface area contributed by atoms with Gasteiger partial charge in [0.25, 0.3) is 0 Å². The van der Waals surface area contributed by atoms with E-state index in [1.807, 2.05) is 30.5 Å². The van der Waals surface area contributed by atoms with Gasteiger partial charge in [-0.15, -0.1) is 11.8 Å². The normalized spacial score (nSPS) is 10.3. The van der Waals surface area contributed by atoms with Crippen molar-refractivity contribution in [2.45, 2.75) is 10.6 Å². The van der Waals surface area contributed by atoms with E-state index < -0.39 is 0 Å². The monoisotopic (exact) mass is 294 g/mol. The second-order valence-electron chi connectivity index (χ2n) is 3.34. The number of pyridine rings is 1. The molecule has 2 nitrogen and oxygen atoms in total. The summed E-state index contributed by atoms with van der Waals surface area (Å²) in [6.07, 6.45) is 3.65. The fourth-order valence-corrected chi connectivity index (χ4v) is 2.61. The SMILES string of the molecule is Nc1ccccc1SCc1cncc(Br)c1. The molecular formula is C12H11BrN2S. The minimum absolute atomic E-state index is 0.829. The van der Waals surface area contributed by atoms with Crippen LogP contribution in [0.5, 0.6) is 0 Å². The summed E-state index contributed by atoms with van der Waals surface area (Å²) in [5.74, 6) is 0.876. The number of benzene rings is 1. The van der Waals surface area contributed by atoms with Gasteiger partial charge in [0, 0.05) is 33.2 Å². The predicted octanol–water partition coefficient (Wildman–Crippen LogP) is 3.72. The molecule has 0 fully saturated rings. The first-order valence-corrected chi connectivity index (χ1v) is 6.60. The molecule has 2 rings (SSSR count). The molecule has 0 unspecified atom stereocenters. The van der Waals surface area contributed by atoms with E-state index in [4.69, 9.17) is 5.73 Å². The van der Waals surface area contributed by atoms with Crippen LogP contribution in [-0.2, 0) is 5.75 Å². The Hall–Kier alpha value is -1.00. The fourth-order valence-electron chi connectivity index (χ4n) is 1.31. The molecule has 2 aromatic rings. The van der Waals surface area contributed by atoms with Crippen molar-refractivity contribution in [3.63, 3.8) is 0 Å². The summed E-state index contributed by atoms with van der Waals surface area (Å²) >= 11 is 5.13. The number of hydrogen-bond donors (Lipinski definition) is 1. The molecule has 0 saturated heterocycles. The molecule has 0 radical (unpaired) electrons. The van der Waals surface area contributed by atoms with Gasteiger partial charge in [0.2, 0.25) is 0 Å². The van der Waals surface area contributed by atoms with Gasteiger partial charge in [0.15, 0.2) is 0 Å². The molecule has 0 spiro atoms. The second-order valence-corrected chi connectivity index (χ2v) is 5.27. The van der Waals surface area contributed by atoms with E-state index in [-0.39, 0.29) is 0 Å². The molecule has 0 saturated carbocycles. The Labute approximate surface area is 107 Å². The van der Waals surface area contributed by atoms with E-state index in [1.165, 1.54) is 5.56 Å². The molecule has 16 heavy (non-hydrogen) atoms. The third kappa shape index (κ3) is 3.00. The molecule has 0 aliphatic carbocycles. The molecule has 1 heterocycles. The Morgan fingerprint density at radius 1 is 1.25 bits per heavy atom. The van der Waals surface area contributed by atoms with Crippen molar-refractivity contribution in [2.24, 2.45) is 0 Å². The standard InChI is InChI=1S/C12H11BrN2S/c13-10-5-9(6-15-7-10)8-16-12-4-2-1-3-11(12)14/h1-7H,8,14H2. The molecule has 82 valence electrons. The van der Waals surface area contributed by atoms with Crippen molar-refractivity contribution in [3.05, 3.63) is 52.8 Å². The van der Waals surface area contributed by atoms with Crippen LogP contribution in [0.4, 0.5) is 5.69 Å². The molecule has 1 aromatic carbocycles. The van der Waals surface area contributed by atoms with Crippen molar-refractivity contribution in [2.75, 3.05) is 5.73 Å². The van der Waals surface area contributed by atoms with E-state index in [0.717, 1.165) is 20.8 Å². The Balaban J connectivity index is 2.05. The van der Waals surface area contributed by atoms with Crippen LogP contribution in [0, 0.1) is 0 Å². The largest absolute Gasteiger partial charge is 0.398 e. The smallest absolute Gasteiger partial charge is 0.0452 e. The van der Waals surface area contributed by atoms with Crippen LogP contribution in [0.3, 0.4) is 0 Å². The van der Waals surface area contributed by atoms with Gasteiger partial charge < -0.3 is 5.73 Å². The Kier molecular flexibility index (Phi) is 3.85. The quantitative estimate of drug-likeness (QED) is 0.693. The van der Waals surface area contributed by atoms with E-state index >= 15 is 0 Å². The van der Waals surface area contributed by atoms with E-state index in [0.29, 0.717) is 0 Å². The minimum Gasteiger partial charge on any atom is -0.398 e. The lowest BCUT2D eigenvalue weighted by atomic mass is 10.3. The van der Waals surface area contributed by atoms with Crippen molar-refractivity contribution in [1.82, 2.24) is 4.98 Å². The first kappa shape index (κ1) is 11.5. The van der Waals surface area contributed by atoms with Gasteiger partial charge in [-0.2, -0.15) is 0 Å². The fraction of sp³-hybridized carbons (Fsp3) is 0.0833. The Bertz CT molecular complexity index is 488. The number of nitrogens with two attached hydrogens (primary N) is 1. The summed E-state index contributed by atoms with van der Waals surface area (Å²) in [6.45, 7) is 0. The number of hydrogen-bond acceptors (Lipinski definition) is 3. The maximum absolute atomic E-state index is 5.87. The first-order valence-electron chi connectivity index (χ1n) is 4.82. The number of rotatable bonds is 3. The van der Waals surface area contributed by atoms with Crippen molar-refractivity contribution in [3.8, 4) is 0 Å². The number of aromatic nitrogens is 1. The predicted molar refractivity (Wildman–Crippen MR) is 72.4 cm³/mol. The summed E-state index contributed by atoms with van der Waals surface area (Å²) in [6, 6.07) is 9.96. The zero-order valence-corrected chi connectivity index (χ0v) is 11.0. The summed E-state index contributed by atoms with van der Waals surface area (Å²) in [7, 11) is 0. The highest BCUT2D eigenvalue weighted by molar-refractivity contribution is 9.10. The summed E-state index contributed by atoms with van der Waals surface area (Å²) in [5, 5.41) is 0. The van der Waals surface area contributed by atoms with Crippen LogP contribution in [0.2, 0.25) is 0 Å². The highest BCUT2D eigenvalue weighted by Gasteiger charge is 2.00.